The van der Waals surface area contributed by atoms with Crippen LogP contribution in [0.15, 0.2) is 58.3 Å². The van der Waals surface area contributed by atoms with Crippen LogP contribution in [0.4, 0.5) is 11.4 Å². The van der Waals surface area contributed by atoms with Crippen LogP contribution < -0.4 is 20.4 Å². The molecule has 2 heterocycles. The van der Waals surface area contributed by atoms with Gasteiger partial charge in [-0.15, -0.1) is 6.58 Å². The van der Waals surface area contributed by atoms with E-state index in [0.29, 0.717) is 34.6 Å². The van der Waals surface area contributed by atoms with Crippen LogP contribution in [0.3, 0.4) is 0 Å². The smallest absolute Gasteiger partial charge is 0.291 e. The average molecular weight is 404 g/mol. The van der Waals surface area contributed by atoms with Gasteiger partial charge >= 0.3 is 0 Å². The van der Waals surface area contributed by atoms with Crippen LogP contribution in [0.25, 0.3) is 11.0 Å². The highest BCUT2D eigenvalue weighted by Crippen LogP contribution is 2.34. The standard InChI is InChI=1S/C23H20N2O5/c1-4-9-25-17-10-15(6-8-19(17)29-12-21(25)27)24-23(28)20-11-18(26)16-7-5-13(2)14(3)22(16)30-20/h4-8,10-11H,1,9,12H2,2-3H3,(H,24,28). The van der Waals surface area contributed by atoms with E-state index in [4.69, 9.17) is 9.15 Å². The average Bonchev–Trinajstić information content (AvgIpc) is 2.73. The first-order valence-corrected chi connectivity index (χ1v) is 9.42. The first-order chi connectivity index (χ1) is 14.4. The molecule has 2 aromatic carbocycles. The van der Waals surface area contributed by atoms with Gasteiger partial charge in [0.25, 0.3) is 11.8 Å². The molecule has 0 aliphatic carbocycles. The van der Waals surface area contributed by atoms with E-state index in [9.17, 15) is 14.4 Å². The van der Waals surface area contributed by atoms with Crippen molar-refractivity contribution in [2.45, 2.75) is 13.8 Å². The molecule has 4 rings (SSSR count). The monoisotopic (exact) mass is 404 g/mol. The van der Waals surface area contributed by atoms with E-state index in [2.05, 4.69) is 11.9 Å². The SMILES string of the molecule is C=CCN1C(=O)COc2ccc(NC(=O)c3cc(=O)c4ccc(C)c(C)c4o3)cc21. The van der Waals surface area contributed by atoms with Crippen molar-refractivity contribution in [3.63, 3.8) is 0 Å². The fourth-order valence-electron chi connectivity index (χ4n) is 3.37. The molecule has 30 heavy (non-hydrogen) atoms. The molecular formula is C23H20N2O5. The maximum Gasteiger partial charge on any atom is 0.291 e. The van der Waals surface area contributed by atoms with E-state index in [0.717, 1.165) is 11.1 Å². The number of aryl methyl sites for hydroxylation is 2. The molecular weight excluding hydrogens is 384 g/mol. The van der Waals surface area contributed by atoms with E-state index in [1.54, 1.807) is 30.3 Å². The van der Waals surface area contributed by atoms with Gasteiger partial charge in [-0.3, -0.25) is 14.4 Å². The van der Waals surface area contributed by atoms with Crippen molar-refractivity contribution in [2.75, 3.05) is 23.4 Å². The summed E-state index contributed by atoms with van der Waals surface area (Å²) in [6, 6.07) is 9.70. The molecule has 0 atom stereocenters. The summed E-state index contributed by atoms with van der Waals surface area (Å²) in [7, 11) is 0. The summed E-state index contributed by atoms with van der Waals surface area (Å²) in [6.45, 7) is 7.70. The van der Waals surface area contributed by atoms with E-state index >= 15 is 0 Å². The summed E-state index contributed by atoms with van der Waals surface area (Å²) in [4.78, 5) is 38.9. The largest absolute Gasteiger partial charge is 0.482 e. The molecule has 0 bridgehead atoms. The topological polar surface area (TPSA) is 88.9 Å². The maximum absolute atomic E-state index is 12.8. The van der Waals surface area contributed by atoms with Crippen molar-refractivity contribution in [1.29, 1.82) is 0 Å². The second-order valence-corrected chi connectivity index (χ2v) is 7.08. The summed E-state index contributed by atoms with van der Waals surface area (Å²) in [5, 5.41) is 3.15. The van der Waals surface area contributed by atoms with Gasteiger partial charge in [0.05, 0.1) is 11.1 Å². The molecule has 1 aliphatic heterocycles. The number of fused-ring (bicyclic) bond motifs is 2. The molecule has 3 aromatic rings. The Hall–Kier alpha value is -3.87. The number of carbonyl (C=O) groups excluding carboxylic acids is 2. The second kappa shape index (κ2) is 7.51. The molecule has 0 spiro atoms. The Kier molecular flexibility index (Phi) is 4.87. The number of hydrogen-bond acceptors (Lipinski definition) is 5. The van der Waals surface area contributed by atoms with Gasteiger partial charge in [0.1, 0.15) is 11.3 Å². The second-order valence-electron chi connectivity index (χ2n) is 7.08. The normalized spacial score (nSPS) is 13.0. The Balaban J connectivity index is 1.68. The number of nitrogens with zero attached hydrogens (tertiary/aromatic N) is 1. The van der Waals surface area contributed by atoms with Gasteiger partial charge in [-0.1, -0.05) is 12.1 Å². The van der Waals surface area contributed by atoms with Crippen LogP contribution in [0.5, 0.6) is 5.75 Å². The number of benzene rings is 2. The highest BCUT2D eigenvalue weighted by Gasteiger charge is 2.25. The molecule has 0 saturated carbocycles. The summed E-state index contributed by atoms with van der Waals surface area (Å²) in [6.07, 6.45) is 1.62. The zero-order valence-corrected chi connectivity index (χ0v) is 16.7. The highest BCUT2D eigenvalue weighted by molar-refractivity contribution is 6.04. The molecule has 0 fully saturated rings. The van der Waals surface area contributed by atoms with Crippen molar-refractivity contribution in [1.82, 2.24) is 0 Å². The van der Waals surface area contributed by atoms with Crippen LogP contribution >= 0.6 is 0 Å². The Morgan fingerprint density at radius 1 is 1.20 bits per heavy atom. The van der Waals surface area contributed by atoms with Gasteiger partial charge in [-0.05, 0) is 49.2 Å². The highest BCUT2D eigenvalue weighted by atomic mass is 16.5. The number of carbonyl (C=O) groups is 2. The third-order valence-electron chi connectivity index (χ3n) is 5.11. The van der Waals surface area contributed by atoms with Crippen LogP contribution in [-0.2, 0) is 4.79 Å². The van der Waals surface area contributed by atoms with Gasteiger partial charge in [-0.2, -0.15) is 0 Å². The van der Waals surface area contributed by atoms with Gasteiger partial charge in [-0.25, -0.2) is 0 Å². The summed E-state index contributed by atoms with van der Waals surface area (Å²) in [5.74, 6) is -0.308. The summed E-state index contributed by atoms with van der Waals surface area (Å²) >= 11 is 0. The van der Waals surface area contributed by atoms with Gasteiger partial charge < -0.3 is 19.4 Å². The summed E-state index contributed by atoms with van der Waals surface area (Å²) < 4.78 is 11.2. The Morgan fingerprint density at radius 2 is 2.00 bits per heavy atom. The van der Waals surface area contributed by atoms with Gasteiger partial charge in [0.2, 0.25) is 0 Å². The van der Waals surface area contributed by atoms with E-state index in [1.807, 2.05) is 19.9 Å². The molecule has 7 heteroatoms. The molecule has 7 nitrogen and oxygen atoms in total. The lowest BCUT2D eigenvalue weighted by Crippen LogP contribution is -2.38. The first kappa shape index (κ1) is 19.4. The first-order valence-electron chi connectivity index (χ1n) is 9.42. The zero-order valence-electron chi connectivity index (χ0n) is 16.7. The number of anilines is 2. The van der Waals surface area contributed by atoms with E-state index < -0.39 is 5.91 Å². The lowest BCUT2D eigenvalue weighted by atomic mass is 10.1. The molecule has 152 valence electrons. The van der Waals surface area contributed by atoms with Crippen molar-refractivity contribution in [3.8, 4) is 5.75 Å². The Bertz CT molecular complexity index is 1260. The van der Waals surface area contributed by atoms with Crippen molar-refractivity contribution in [2.24, 2.45) is 0 Å². The molecule has 0 radical (unpaired) electrons. The molecule has 2 amide bonds. The molecule has 1 N–H and O–H groups in total. The minimum atomic E-state index is -0.562. The van der Waals surface area contributed by atoms with E-state index in [-0.39, 0.29) is 23.7 Å². The summed E-state index contributed by atoms with van der Waals surface area (Å²) in [5.41, 5.74) is 2.86. The third kappa shape index (κ3) is 3.34. The number of hydrogen-bond donors (Lipinski definition) is 1. The van der Waals surface area contributed by atoms with Crippen molar-refractivity contribution < 1.29 is 18.7 Å². The van der Waals surface area contributed by atoms with Crippen LogP contribution in [0.2, 0.25) is 0 Å². The molecule has 0 unspecified atom stereocenters. The third-order valence-corrected chi connectivity index (χ3v) is 5.11. The quantitative estimate of drug-likeness (QED) is 0.672. The minimum Gasteiger partial charge on any atom is -0.482 e. The van der Waals surface area contributed by atoms with Crippen LogP contribution in [0.1, 0.15) is 21.7 Å². The van der Waals surface area contributed by atoms with Crippen LogP contribution in [0, 0.1) is 13.8 Å². The predicted octanol–water partition coefficient (Wildman–Crippen LogP) is 3.57. The number of ether oxygens (including phenoxy) is 1. The van der Waals surface area contributed by atoms with E-state index in [1.165, 1.54) is 11.0 Å². The fraction of sp³-hybridized carbons (Fsp3) is 0.174. The predicted molar refractivity (Wildman–Crippen MR) is 114 cm³/mol. The fourth-order valence-corrected chi connectivity index (χ4v) is 3.37. The minimum absolute atomic E-state index is 0.0481. The Labute approximate surface area is 172 Å². The maximum atomic E-state index is 12.8. The zero-order chi connectivity index (χ0) is 21.4. The Morgan fingerprint density at radius 3 is 2.77 bits per heavy atom. The molecule has 1 aromatic heterocycles. The molecule has 0 saturated heterocycles. The van der Waals surface area contributed by atoms with Gasteiger partial charge in [0, 0.05) is 18.3 Å². The van der Waals surface area contributed by atoms with Gasteiger partial charge in [0.15, 0.2) is 17.8 Å². The van der Waals surface area contributed by atoms with Crippen molar-refractivity contribution >= 4 is 34.2 Å². The lowest BCUT2D eigenvalue weighted by Gasteiger charge is -2.28. The number of rotatable bonds is 4. The van der Waals surface area contributed by atoms with Crippen molar-refractivity contribution in [3.05, 3.63) is 76.2 Å². The number of nitrogens with one attached hydrogen (secondary N) is 1. The lowest BCUT2D eigenvalue weighted by molar-refractivity contribution is -0.121. The van der Waals surface area contributed by atoms with Crippen LogP contribution in [-0.4, -0.2) is 25.0 Å². The number of amides is 2. The molecule has 1 aliphatic rings.